The van der Waals surface area contributed by atoms with Crippen molar-refractivity contribution in [1.82, 2.24) is 10.6 Å². The van der Waals surface area contributed by atoms with Crippen LogP contribution in [0.3, 0.4) is 0 Å². The molecule has 5 nitrogen and oxygen atoms in total. The van der Waals surface area contributed by atoms with E-state index in [0.717, 1.165) is 35.7 Å². The number of hydrogen-bond donors (Lipinski definition) is 2. The van der Waals surface area contributed by atoms with Crippen molar-refractivity contribution >= 4 is 29.9 Å². The van der Waals surface area contributed by atoms with Gasteiger partial charge in [-0.15, -0.1) is 24.0 Å². The maximum Gasteiger partial charge on any atom is 0.191 e. The van der Waals surface area contributed by atoms with Crippen LogP contribution in [0.5, 0.6) is 5.75 Å². The number of ether oxygens (including phenoxy) is 2. The number of aliphatic imine (C=N–C) groups is 1. The molecule has 0 aliphatic carbocycles. The van der Waals surface area contributed by atoms with Crippen LogP contribution in [0.25, 0.3) is 0 Å². The summed E-state index contributed by atoms with van der Waals surface area (Å²) in [5.74, 6) is 1.71. The molecule has 0 amide bonds. The summed E-state index contributed by atoms with van der Waals surface area (Å²) in [5.41, 5.74) is 2.27. The molecule has 4 rings (SSSR count). The number of halogens is 1. The average Bonchev–Trinajstić information content (AvgIpc) is 3.34. The molecule has 0 spiro atoms. The van der Waals surface area contributed by atoms with Crippen molar-refractivity contribution < 1.29 is 9.47 Å². The third-order valence-electron chi connectivity index (χ3n) is 5.31. The zero-order valence-electron chi connectivity index (χ0n) is 16.1. The molecule has 28 heavy (non-hydrogen) atoms. The lowest BCUT2D eigenvalue weighted by atomic mass is 9.96. The minimum atomic E-state index is 0. The number of nitrogens with one attached hydrogen (secondary N) is 2. The molecular weight excluding hydrogens is 465 g/mol. The van der Waals surface area contributed by atoms with Gasteiger partial charge in [-0.2, -0.15) is 0 Å². The Balaban J connectivity index is 0.00000225. The van der Waals surface area contributed by atoms with Gasteiger partial charge >= 0.3 is 0 Å². The second-order valence-electron chi connectivity index (χ2n) is 7.17. The fraction of sp³-hybridized carbons (Fsp3) is 0.409. The monoisotopic (exact) mass is 493 g/mol. The zero-order valence-corrected chi connectivity index (χ0v) is 18.5. The lowest BCUT2D eigenvalue weighted by molar-refractivity contribution is 0.0992. The van der Waals surface area contributed by atoms with Crippen LogP contribution in [0.2, 0.25) is 0 Å². The SMILES string of the molecule is CN=C(NCc1ccccc1OCc1ccccc1)NC1CC2CCC1O2.I. The van der Waals surface area contributed by atoms with E-state index in [-0.39, 0.29) is 24.0 Å². The number of hydrogen-bond acceptors (Lipinski definition) is 3. The first-order valence-corrected chi connectivity index (χ1v) is 9.69. The van der Waals surface area contributed by atoms with E-state index in [4.69, 9.17) is 9.47 Å². The van der Waals surface area contributed by atoms with E-state index in [0.29, 0.717) is 31.4 Å². The molecule has 2 saturated heterocycles. The smallest absolute Gasteiger partial charge is 0.191 e. The van der Waals surface area contributed by atoms with Gasteiger partial charge in [0.25, 0.3) is 0 Å². The molecule has 3 atom stereocenters. The van der Waals surface area contributed by atoms with Gasteiger partial charge in [0, 0.05) is 19.2 Å². The summed E-state index contributed by atoms with van der Waals surface area (Å²) in [6, 6.07) is 18.7. The fourth-order valence-electron chi connectivity index (χ4n) is 3.86. The van der Waals surface area contributed by atoms with E-state index in [1.165, 1.54) is 6.42 Å². The van der Waals surface area contributed by atoms with Crippen molar-refractivity contribution in [3.8, 4) is 5.75 Å². The fourth-order valence-corrected chi connectivity index (χ4v) is 3.86. The molecule has 2 aliphatic rings. The molecule has 2 fully saturated rings. The predicted molar refractivity (Wildman–Crippen MR) is 122 cm³/mol. The third-order valence-corrected chi connectivity index (χ3v) is 5.31. The van der Waals surface area contributed by atoms with Crippen molar-refractivity contribution in [2.75, 3.05) is 7.05 Å². The van der Waals surface area contributed by atoms with Gasteiger partial charge in [0.1, 0.15) is 12.4 Å². The van der Waals surface area contributed by atoms with Crippen molar-refractivity contribution in [2.24, 2.45) is 4.99 Å². The second kappa shape index (κ2) is 10.1. The molecule has 150 valence electrons. The highest BCUT2D eigenvalue weighted by Gasteiger charge is 2.41. The number of para-hydroxylation sites is 1. The maximum atomic E-state index is 6.04. The highest BCUT2D eigenvalue weighted by atomic mass is 127. The van der Waals surface area contributed by atoms with Gasteiger partial charge in [0.2, 0.25) is 0 Å². The Kier molecular flexibility index (Phi) is 7.56. The molecule has 2 heterocycles. The molecular formula is C22H28IN3O2. The lowest BCUT2D eigenvalue weighted by Crippen LogP contribution is -2.47. The summed E-state index contributed by atoms with van der Waals surface area (Å²) in [6.45, 7) is 1.22. The van der Waals surface area contributed by atoms with E-state index < -0.39 is 0 Å². The molecule has 2 aromatic rings. The van der Waals surface area contributed by atoms with Gasteiger partial charge in [-0.05, 0) is 30.9 Å². The summed E-state index contributed by atoms with van der Waals surface area (Å²) in [6.07, 6.45) is 4.17. The molecule has 2 aromatic carbocycles. The van der Waals surface area contributed by atoms with E-state index in [1.807, 2.05) is 36.4 Å². The average molecular weight is 493 g/mol. The summed E-state index contributed by atoms with van der Waals surface area (Å²) in [7, 11) is 1.81. The summed E-state index contributed by atoms with van der Waals surface area (Å²) in [5, 5.41) is 6.93. The van der Waals surface area contributed by atoms with Crippen LogP contribution in [-0.4, -0.2) is 31.3 Å². The van der Waals surface area contributed by atoms with Crippen LogP contribution >= 0.6 is 24.0 Å². The van der Waals surface area contributed by atoms with Crippen LogP contribution < -0.4 is 15.4 Å². The third kappa shape index (κ3) is 5.17. The van der Waals surface area contributed by atoms with Crippen LogP contribution in [0.1, 0.15) is 30.4 Å². The first-order chi connectivity index (χ1) is 13.3. The van der Waals surface area contributed by atoms with Crippen LogP contribution in [0.4, 0.5) is 0 Å². The molecule has 0 aromatic heterocycles. The van der Waals surface area contributed by atoms with Crippen molar-refractivity contribution in [3.63, 3.8) is 0 Å². The number of guanidine groups is 1. The van der Waals surface area contributed by atoms with E-state index >= 15 is 0 Å². The number of nitrogens with zero attached hydrogens (tertiary/aromatic N) is 1. The normalized spacial score (nSPS) is 23.2. The Hall–Kier alpha value is -1.80. The van der Waals surface area contributed by atoms with E-state index in [1.54, 1.807) is 7.05 Å². The molecule has 2 N–H and O–H groups in total. The highest BCUT2D eigenvalue weighted by molar-refractivity contribution is 14.0. The number of fused-ring (bicyclic) bond motifs is 2. The standard InChI is InChI=1S/C22H27N3O2.HI/c1-23-22(25-19-13-18-11-12-21(19)27-18)24-14-17-9-5-6-10-20(17)26-15-16-7-3-2-4-8-16;/h2-10,18-19,21H,11-15H2,1H3,(H2,23,24,25);1H. The Morgan fingerprint density at radius 3 is 2.61 bits per heavy atom. The van der Waals surface area contributed by atoms with Gasteiger partial charge in [0.15, 0.2) is 5.96 Å². The van der Waals surface area contributed by atoms with Crippen LogP contribution in [-0.2, 0) is 17.9 Å². The van der Waals surface area contributed by atoms with E-state index in [9.17, 15) is 0 Å². The minimum Gasteiger partial charge on any atom is -0.489 e. The molecule has 6 heteroatoms. The van der Waals surface area contributed by atoms with Crippen molar-refractivity contribution in [3.05, 3.63) is 65.7 Å². The molecule has 3 unspecified atom stereocenters. The Bertz CT molecular complexity index is 784. The first-order valence-electron chi connectivity index (χ1n) is 9.69. The van der Waals surface area contributed by atoms with Gasteiger partial charge < -0.3 is 20.1 Å². The predicted octanol–water partition coefficient (Wildman–Crippen LogP) is 3.87. The Labute approximate surface area is 183 Å². The van der Waals surface area contributed by atoms with E-state index in [2.05, 4.69) is 33.8 Å². The summed E-state index contributed by atoms with van der Waals surface area (Å²) in [4.78, 5) is 4.37. The molecule has 0 radical (unpaired) electrons. The maximum absolute atomic E-state index is 6.04. The minimum absolute atomic E-state index is 0. The van der Waals surface area contributed by atoms with Crippen molar-refractivity contribution in [2.45, 2.75) is 50.7 Å². The first kappa shape index (κ1) is 20.9. The largest absolute Gasteiger partial charge is 0.489 e. The molecule has 0 saturated carbocycles. The lowest BCUT2D eigenvalue weighted by Gasteiger charge is -2.23. The summed E-state index contributed by atoms with van der Waals surface area (Å²) < 4.78 is 12.0. The van der Waals surface area contributed by atoms with Gasteiger partial charge in [-0.25, -0.2) is 0 Å². The quantitative estimate of drug-likeness (QED) is 0.365. The second-order valence-corrected chi connectivity index (χ2v) is 7.17. The Morgan fingerprint density at radius 1 is 1.11 bits per heavy atom. The summed E-state index contributed by atoms with van der Waals surface area (Å²) >= 11 is 0. The van der Waals surface area contributed by atoms with Gasteiger partial charge in [-0.3, -0.25) is 4.99 Å². The highest BCUT2D eigenvalue weighted by Crippen LogP contribution is 2.34. The molecule has 2 aliphatic heterocycles. The van der Waals surface area contributed by atoms with Gasteiger partial charge in [0.05, 0.1) is 18.2 Å². The van der Waals surface area contributed by atoms with Crippen LogP contribution in [0.15, 0.2) is 59.6 Å². The van der Waals surface area contributed by atoms with Crippen LogP contribution in [0, 0.1) is 0 Å². The number of benzene rings is 2. The zero-order chi connectivity index (χ0) is 18.5. The topological polar surface area (TPSA) is 54.9 Å². The van der Waals surface area contributed by atoms with Crippen molar-refractivity contribution in [1.29, 1.82) is 0 Å². The van der Waals surface area contributed by atoms with Gasteiger partial charge in [-0.1, -0.05) is 48.5 Å². The number of rotatable bonds is 6. The Morgan fingerprint density at radius 2 is 1.89 bits per heavy atom. The molecule has 2 bridgehead atoms.